The van der Waals surface area contributed by atoms with Gasteiger partial charge in [0.2, 0.25) is 15.9 Å². The number of amides is 1. The van der Waals surface area contributed by atoms with Crippen LogP contribution in [0.5, 0.6) is 0 Å². The summed E-state index contributed by atoms with van der Waals surface area (Å²) in [5.41, 5.74) is 2.45. The first kappa shape index (κ1) is 22.3. The first-order valence-corrected chi connectivity index (χ1v) is 12.3. The van der Waals surface area contributed by atoms with Crippen molar-refractivity contribution < 1.29 is 13.2 Å². The Kier molecular flexibility index (Phi) is 6.80. The maximum Gasteiger partial charge on any atom is 0.243 e. The number of fused-ring (bicyclic) bond motifs is 1. The van der Waals surface area contributed by atoms with Crippen LogP contribution in [0, 0.1) is 0 Å². The second-order valence-electron chi connectivity index (χ2n) is 7.10. The van der Waals surface area contributed by atoms with E-state index in [2.05, 4.69) is 18.8 Å². The van der Waals surface area contributed by atoms with Gasteiger partial charge in [0.1, 0.15) is 22.0 Å². The number of halogens is 1. The monoisotopic (exact) mass is 486 g/mol. The van der Waals surface area contributed by atoms with Gasteiger partial charge >= 0.3 is 0 Å². The van der Waals surface area contributed by atoms with Crippen LogP contribution in [0.3, 0.4) is 0 Å². The standard InChI is InChI=1S/C22H19ClN4O3S2/c23-17-11-9-16(10-12-17)14-24-22(28)19(13-15-5-2-1-3-6-15)27-32(29,30)20-8-4-7-18-21(20)26-31-25-18/h1-12,19,27H,13-14H2,(H,24,28)/t19-/m0/s1. The Morgan fingerprint density at radius 3 is 2.44 bits per heavy atom. The molecule has 1 heterocycles. The van der Waals surface area contributed by atoms with E-state index < -0.39 is 22.0 Å². The van der Waals surface area contributed by atoms with E-state index in [1.54, 1.807) is 36.4 Å². The third-order valence-electron chi connectivity index (χ3n) is 4.82. The summed E-state index contributed by atoms with van der Waals surface area (Å²) in [7, 11) is -4.03. The van der Waals surface area contributed by atoms with E-state index in [-0.39, 0.29) is 23.4 Å². The van der Waals surface area contributed by atoms with Gasteiger partial charge in [-0.1, -0.05) is 60.1 Å². The summed E-state index contributed by atoms with van der Waals surface area (Å²) in [4.78, 5) is 13.0. The lowest BCUT2D eigenvalue weighted by atomic mass is 10.1. The van der Waals surface area contributed by atoms with Crippen molar-refractivity contribution in [2.24, 2.45) is 0 Å². The molecule has 4 rings (SSSR count). The number of nitrogens with zero attached hydrogens (tertiary/aromatic N) is 2. The average Bonchev–Trinajstić information content (AvgIpc) is 3.27. The zero-order valence-electron chi connectivity index (χ0n) is 16.7. The Hall–Kier alpha value is -2.85. The van der Waals surface area contributed by atoms with Crippen LogP contribution < -0.4 is 10.0 Å². The van der Waals surface area contributed by atoms with E-state index in [0.29, 0.717) is 10.5 Å². The van der Waals surface area contributed by atoms with Gasteiger partial charge in [-0.2, -0.15) is 13.5 Å². The van der Waals surface area contributed by atoms with Crippen molar-refractivity contribution in [3.63, 3.8) is 0 Å². The molecule has 4 aromatic rings. The Balaban J connectivity index is 1.57. The number of carbonyl (C=O) groups excluding carboxylic acids is 1. The second kappa shape index (κ2) is 9.74. The normalized spacial score (nSPS) is 12.5. The number of nitrogens with one attached hydrogen (secondary N) is 2. The first-order chi connectivity index (χ1) is 15.4. The van der Waals surface area contributed by atoms with Crippen molar-refractivity contribution >= 4 is 50.3 Å². The molecule has 0 fully saturated rings. The molecular formula is C22H19ClN4O3S2. The molecule has 0 bridgehead atoms. The molecule has 0 aliphatic rings. The van der Waals surface area contributed by atoms with Crippen molar-refractivity contribution in [1.82, 2.24) is 18.8 Å². The maximum absolute atomic E-state index is 13.2. The number of carbonyl (C=O) groups is 1. The minimum absolute atomic E-state index is 0.00712. The molecule has 0 radical (unpaired) electrons. The Labute approximate surface area is 194 Å². The summed E-state index contributed by atoms with van der Waals surface area (Å²) in [6, 6.07) is 20.0. The first-order valence-electron chi connectivity index (χ1n) is 9.72. The molecule has 0 aliphatic carbocycles. The molecule has 164 valence electrons. The lowest BCUT2D eigenvalue weighted by Gasteiger charge is -2.19. The van der Waals surface area contributed by atoms with Gasteiger partial charge in [0, 0.05) is 11.6 Å². The van der Waals surface area contributed by atoms with Gasteiger partial charge in [-0.15, -0.1) is 0 Å². The third-order valence-corrected chi connectivity index (χ3v) is 7.11. The van der Waals surface area contributed by atoms with Gasteiger partial charge in [0.05, 0.1) is 11.7 Å². The number of hydrogen-bond acceptors (Lipinski definition) is 6. The predicted octanol–water partition coefficient (Wildman–Crippen LogP) is 3.55. The molecule has 0 saturated heterocycles. The van der Waals surface area contributed by atoms with Crippen molar-refractivity contribution in [3.05, 3.63) is 88.9 Å². The lowest BCUT2D eigenvalue weighted by Crippen LogP contribution is -2.47. The smallest absolute Gasteiger partial charge is 0.243 e. The largest absolute Gasteiger partial charge is 0.351 e. The summed E-state index contributed by atoms with van der Waals surface area (Å²) >= 11 is 6.84. The van der Waals surface area contributed by atoms with E-state index in [4.69, 9.17) is 11.6 Å². The van der Waals surface area contributed by atoms with Crippen LogP contribution in [-0.2, 0) is 27.8 Å². The number of aromatic nitrogens is 2. The lowest BCUT2D eigenvalue weighted by molar-refractivity contribution is -0.122. The van der Waals surface area contributed by atoms with Gasteiger partial charge in [-0.05, 0) is 41.8 Å². The second-order valence-corrected chi connectivity index (χ2v) is 9.74. The van der Waals surface area contributed by atoms with Crippen molar-refractivity contribution in [2.75, 3.05) is 0 Å². The molecule has 3 aromatic carbocycles. The average molecular weight is 487 g/mol. The van der Waals surface area contributed by atoms with Crippen LogP contribution >= 0.6 is 23.3 Å². The molecule has 1 atom stereocenters. The van der Waals surface area contributed by atoms with E-state index in [9.17, 15) is 13.2 Å². The Morgan fingerprint density at radius 2 is 1.69 bits per heavy atom. The van der Waals surface area contributed by atoms with E-state index >= 15 is 0 Å². The highest BCUT2D eigenvalue weighted by atomic mass is 35.5. The number of hydrogen-bond donors (Lipinski definition) is 2. The molecule has 2 N–H and O–H groups in total. The molecule has 1 amide bonds. The van der Waals surface area contributed by atoms with Crippen molar-refractivity contribution in [2.45, 2.75) is 23.9 Å². The van der Waals surface area contributed by atoms with Crippen LogP contribution in [0.1, 0.15) is 11.1 Å². The number of benzene rings is 3. The molecule has 0 saturated carbocycles. The minimum Gasteiger partial charge on any atom is -0.351 e. The highest BCUT2D eigenvalue weighted by Crippen LogP contribution is 2.21. The van der Waals surface area contributed by atoms with Gasteiger partial charge in [-0.25, -0.2) is 8.42 Å². The minimum atomic E-state index is -4.03. The highest BCUT2D eigenvalue weighted by Gasteiger charge is 2.28. The Morgan fingerprint density at radius 1 is 0.938 bits per heavy atom. The van der Waals surface area contributed by atoms with Gasteiger partial charge in [0.15, 0.2) is 0 Å². The zero-order chi connectivity index (χ0) is 22.6. The molecule has 0 aliphatic heterocycles. The van der Waals surface area contributed by atoms with Crippen LogP contribution in [0.15, 0.2) is 77.7 Å². The molecule has 1 aromatic heterocycles. The molecule has 10 heteroatoms. The molecule has 7 nitrogen and oxygen atoms in total. The van der Waals surface area contributed by atoms with E-state index in [1.165, 1.54) is 6.07 Å². The quantitative estimate of drug-likeness (QED) is 0.396. The molecular weight excluding hydrogens is 468 g/mol. The fourth-order valence-electron chi connectivity index (χ4n) is 3.20. The summed E-state index contributed by atoms with van der Waals surface area (Å²) in [5.74, 6) is -0.434. The molecule has 32 heavy (non-hydrogen) atoms. The highest BCUT2D eigenvalue weighted by molar-refractivity contribution is 7.89. The maximum atomic E-state index is 13.2. The summed E-state index contributed by atoms with van der Waals surface area (Å²) in [6.07, 6.45) is 0.192. The summed E-state index contributed by atoms with van der Waals surface area (Å²) in [6.45, 7) is 0.245. The van der Waals surface area contributed by atoms with Gasteiger partial charge < -0.3 is 5.32 Å². The van der Waals surface area contributed by atoms with Crippen LogP contribution in [0.2, 0.25) is 5.02 Å². The fraction of sp³-hybridized carbons (Fsp3) is 0.136. The molecule has 0 unspecified atom stereocenters. The van der Waals surface area contributed by atoms with E-state index in [0.717, 1.165) is 22.9 Å². The van der Waals surface area contributed by atoms with Crippen LogP contribution in [0.25, 0.3) is 11.0 Å². The predicted molar refractivity (Wildman–Crippen MR) is 125 cm³/mol. The number of rotatable bonds is 8. The third kappa shape index (κ3) is 5.31. The number of sulfonamides is 1. The summed E-state index contributed by atoms with van der Waals surface area (Å²) < 4.78 is 37.1. The SMILES string of the molecule is O=C(NCc1ccc(Cl)cc1)[C@H](Cc1ccccc1)NS(=O)(=O)c1cccc2nsnc12. The van der Waals surface area contributed by atoms with Crippen LogP contribution in [-0.4, -0.2) is 29.1 Å². The topological polar surface area (TPSA) is 101 Å². The van der Waals surface area contributed by atoms with Gasteiger partial charge in [-0.3, -0.25) is 4.79 Å². The van der Waals surface area contributed by atoms with E-state index in [1.807, 2.05) is 30.3 Å². The van der Waals surface area contributed by atoms with Gasteiger partial charge in [0.25, 0.3) is 0 Å². The molecule has 0 spiro atoms. The fourth-order valence-corrected chi connectivity index (χ4v) is 5.29. The van der Waals surface area contributed by atoms with Crippen LogP contribution in [0.4, 0.5) is 0 Å². The van der Waals surface area contributed by atoms with Crippen molar-refractivity contribution in [3.8, 4) is 0 Å². The summed E-state index contributed by atoms with van der Waals surface area (Å²) in [5, 5.41) is 3.41. The van der Waals surface area contributed by atoms with Crippen molar-refractivity contribution in [1.29, 1.82) is 0 Å². The zero-order valence-corrected chi connectivity index (χ0v) is 19.1. The Bertz CT molecular complexity index is 1330.